The Bertz CT molecular complexity index is 433. The lowest BCUT2D eigenvalue weighted by Gasteiger charge is -2.26. The van der Waals surface area contributed by atoms with Gasteiger partial charge >= 0.3 is 0 Å². The lowest BCUT2D eigenvalue weighted by molar-refractivity contribution is -0.118. The van der Waals surface area contributed by atoms with Gasteiger partial charge in [0.15, 0.2) is 0 Å². The molecule has 0 radical (unpaired) electrons. The predicted octanol–water partition coefficient (Wildman–Crippen LogP) is 3.45. The van der Waals surface area contributed by atoms with E-state index in [1.165, 1.54) is 0 Å². The minimum absolute atomic E-state index is 0.0982. The van der Waals surface area contributed by atoms with Crippen LogP contribution in [0.5, 0.6) is 5.75 Å². The number of ether oxygens (including phenoxy) is 1. The number of nitrogens with zero attached hydrogens (tertiary/aromatic N) is 1. The molecule has 0 aliphatic rings. The Hall–Kier alpha value is -1.35. The third-order valence-electron chi connectivity index (χ3n) is 2.77. The maximum atomic E-state index is 11.4. The van der Waals surface area contributed by atoms with Crippen molar-refractivity contribution in [2.75, 3.05) is 14.1 Å². The van der Waals surface area contributed by atoms with E-state index in [9.17, 15) is 4.79 Å². The topological polar surface area (TPSA) is 29.5 Å². The van der Waals surface area contributed by atoms with Gasteiger partial charge in [-0.1, -0.05) is 12.1 Å². The number of hydrogen-bond donors (Lipinski definition) is 0. The molecule has 0 bridgehead atoms. The van der Waals surface area contributed by atoms with E-state index < -0.39 is 0 Å². The van der Waals surface area contributed by atoms with Crippen molar-refractivity contribution in [3.05, 3.63) is 29.8 Å². The van der Waals surface area contributed by atoms with Gasteiger partial charge in [-0.2, -0.15) is 0 Å². The van der Waals surface area contributed by atoms with Gasteiger partial charge in [-0.05, 0) is 59.5 Å². The zero-order chi connectivity index (χ0) is 14.6. The van der Waals surface area contributed by atoms with Crippen LogP contribution in [-0.2, 0) is 4.79 Å². The fraction of sp³-hybridized carbons (Fsp3) is 0.562. The van der Waals surface area contributed by atoms with Crippen molar-refractivity contribution in [1.82, 2.24) is 4.90 Å². The summed E-state index contributed by atoms with van der Waals surface area (Å²) in [4.78, 5) is 13.5. The van der Waals surface area contributed by atoms with E-state index in [1.807, 2.05) is 59.1 Å². The van der Waals surface area contributed by atoms with Crippen molar-refractivity contribution in [3.8, 4) is 5.75 Å². The monoisotopic (exact) mass is 263 g/mol. The highest BCUT2D eigenvalue weighted by Gasteiger charge is 2.18. The van der Waals surface area contributed by atoms with Crippen molar-refractivity contribution >= 4 is 5.78 Å². The minimum atomic E-state index is -0.215. The highest BCUT2D eigenvalue weighted by molar-refractivity contribution is 5.76. The zero-order valence-corrected chi connectivity index (χ0v) is 12.9. The normalized spacial score (nSPS) is 13.4. The van der Waals surface area contributed by atoms with Crippen molar-refractivity contribution in [3.63, 3.8) is 0 Å². The Morgan fingerprint density at radius 1 is 1.32 bits per heavy atom. The second-order valence-electron chi connectivity index (χ2n) is 6.17. The summed E-state index contributed by atoms with van der Waals surface area (Å²) in [5.41, 5.74) is 0.897. The van der Waals surface area contributed by atoms with Crippen molar-refractivity contribution < 1.29 is 9.53 Å². The Morgan fingerprint density at radius 3 is 2.42 bits per heavy atom. The summed E-state index contributed by atoms with van der Waals surface area (Å²) in [6, 6.07) is 8.10. The lowest BCUT2D eigenvalue weighted by atomic mass is 10.0. The molecule has 0 heterocycles. The maximum absolute atomic E-state index is 11.4. The van der Waals surface area contributed by atoms with Crippen molar-refractivity contribution in [2.24, 2.45) is 0 Å². The maximum Gasteiger partial charge on any atom is 0.131 e. The van der Waals surface area contributed by atoms with Crippen molar-refractivity contribution in [2.45, 2.75) is 45.8 Å². The first-order chi connectivity index (χ1) is 8.69. The van der Waals surface area contributed by atoms with E-state index in [0.717, 1.165) is 11.3 Å². The van der Waals surface area contributed by atoms with Crippen molar-refractivity contribution in [1.29, 1.82) is 0 Å². The van der Waals surface area contributed by atoms with Gasteiger partial charge in [0.05, 0.1) is 0 Å². The molecule has 0 aliphatic heterocycles. The molecule has 0 spiro atoms. The molecule has 1 unspecified atom stereocenters. The molecule has 3 nitrogen and oxygen atoms in total. The fourth-order valence-corrected chi connectivity index (χ4v) is 2.01. The summed E-state index contributed by atoms with van der Waals surface area (Å²) in [5.74, 6) is 1.04. The first-order valence-electron chi connectivity index (χ1n) is 6.64. The average Bonchev–Trinajstić information content (AvgIpc) is 2.23. The second-order valence-corrected chi connectivity index (χ2v) is 6.17. The molecule has 0 aliphatic carbocycles. The summed E-state index contributed by atoms with van der Waals surface area (Å²) in [5, 5.41) is 0. The number of carbonyl (C=O) groups excluding carboxylic acids is 1. The van der Waals surface area contributed by atoms with Gasteiger partial charge in [0.25, 0.3) is 0 Å². The number of Topliss-reactive ketones (excluding diaryl/α,β-unsaturated/α-hetero) is 1. The molecule has 19 heavy (non-hydrogen) atoms. The minimum Gasteiger partial charge on any atom is -0.488 e. The van der Waals surface area contributed by atoms with Crippen LogP contribution in [0.25, 0.3) is 0 Å². The van der Waals surface area contributed by atoms with Crippen LogP contribution in [0.2, 0.25) is 0 Å². The van der Waals surface area contributed by atoms with E-state index in [4.69, 9.17) is 4.74 Å². The Labute approximate surface area is 116 Å². The number of rotatable bonds is 5. The molecule has 0 amide bonds. The third-order valence-corrected chi connectivity index (χ3v) is 2.77. The Balaban J connectivity index is 2.98. The quantitative estimate of drug-likeness (QED) is 0.815. The van der Waals surface area contributed by atoms with E-state index in [0.29, 0.717) is 6.42 Å². The molecule has 0 N–H and O–H groups in total. The summed E-state index contributed by atoms with van der Waals surface area (Å²) in [6.45, 7) is 7.71. The molecule has 3 heteroatoms. The van der Waals surface area contributed by atoms with Gasteiger partial charge in [0, 0.05) is 12.5 Å². The summed E-state index contributed by atoms with van der Waals surface area (Å²) in [6.07, 6.45) is 0.520. The second kappa shape index (κ2) is 6.20. The van der Waals surface area contributed by atoms with Crippen LogP contribution in [-0.4, -0.2) is 30.4 Å². The van der Waals surface area contributed by atoms with Crippen LogP contribution in [0.15, 0.2) is 24.3 Å². The van der Waals surface area contributed by atoms with Gasteiger partial charge < -0.3 is 9.64 Å². The Morgan fingerprint density at radius 2 is 1.95 bits per heavy atom. The molecule has 0 fully saturated rings. The molecule has 0 aromatic heterocycles. The SMILES string of the molecule is CC(=O)CC(c1cccc(OC(C)(C)C)c1)N(C)C. The van der Waals surface area contributed by atoms with Gasteiger partial charge in [-0.3, -0.25) is 4.79 Å². The first-order valence-corrected chi connectivity index (χ1v) is 6.64. The summed E-state index contributed by atoms with van der Waals surface area (Å²) < 4.78 is 5.87. The summed E-state index contributed by atoms with van der Waals surface area (Å²) >= 11 is 0. The van der Waals surface area contributed by atoms with E-state index in [2.05, 4.69) is 4.90 Å². The van der Waals surface area contributed by atoms with Crippen LogP contribution in [0.4, 0.5) is 0 Å². The molecular formula is C16H25NO2. The van der Waals surface area contributed by atoms with Gasteiger partial charge in [-0.25, -0.2) is 0 Å². The average molecular weight is 263 g/mol. The van der Waals surface area contributed by atoms with Crippen LogP contribution in [0, 0.1) is 0 Å². The van der Waals surface area contributed by atoms with Gasteiger partial charge in [-0.15, -0.1) is 0 Å². The van der Waals surface area contributed by atoms with Gasteiger partial charge in [0.1, 0.15) is 17.1 Å². The predicted molar refractivity (Wildman–Crippen MR) is 78.5 cm³/mol. The smallest absolute Gasteiger partial charge is 0.131 e. The molecule has 1 aromatic rings. The number of carbonyl (C=O) groups is 1. The fourth-order valence-electron chi connectivity index (χ4n) is 2.01. The molecule has 1 aromatic carbocycles. The molecule has 1 rings (SSSR count). The molecule has 106 valence electrons. The third kappa shape index (κ3) is 5.43. The van der Waals surface area contributed by atoms with E-state index in [-0.39, 0.29) is 17.4 Å². The number of benzene rings is 1. The molecule has 1 atom stereocenters. The molecule has 0 saturated heterocycles. The van der Waals surface area contributed by atoms with Crippen LogP contribution in [0.1, 0.15) is 45.7 Å². The van der Waals surface area contributed by atoms with Crippen LogP contribution < -0.4 is 4.74 Å². The highest BCUT2D eigenvalue weighted by Crippen LogP contribution is 2.27. The van der Waals surface area contributed by atoms with Crippen LogP contribution >= 0.6 is 0 Å². The highest BCUT2D eigenvalue weighted by atomic mass is 16.5. The lowest BCUT2D eigenvalue weighted by Crippen LogP contribution is -2.24. The summed E-state index contributed by atoms with van der Waals surface area (Å²) in [7, 11) is 3.98. The number of ketones is 1. The van der Waals surface area contributed by atoms with E-state index >= 15 is 0 Å². The first kappa shape index (κ1) is 15.7. The standard InChI is InChI=1S/C16H25NO2/c1-12(18)10-15(17(5)6)13-8-7-9-14(11-13)19-16(2,3)4/h7-9,11,15H,10H2,1-6H3. The largest absolute Gasteiger partial charge is 0.488 e. The zero-order valence-electron chi connectivity index (χ0n) is 12.9. The number of hydrogen-bond acceptors (Lipinski definition) is 3. The van der Waals surface area contributed by atoms with Gasteiger partial charge in [0.2, 0.25) is 0 Å². The van der Waals surface area contributed by atoms with E-state index in [1.54, 1.807) is 6.92 Å². The molecule has 0 saturated carbocycles. The molecular weight excluding hydrogens is 238 g/mol. The Kier molecular flexibility index (Phi) is 5.12. The van der Waals surface area contributed by atoms with Crippen LogP contribution in [0.3, 0.4) is 0 Å².